The van der Waals surface area contributed by atoms with Crippen LogP contribution in [0.4, 0.5) is 0 Å². The second kappa shape index (κ2) is 5.71. The van der Waals surface area contributed by atoms with Crippen LogP contribution in [0.5, 0.6) is 0 Å². The van der Waals surface area contributed by atoms with Gasteiger partial charge < -0.3 is 5.32 Å². The quantitative estimate of drug-likeness (QED) is 0.732. The van der Waals surface area contributed by atoms with Crippen LogP contribution < -0.4 is 5.32 Å². The Hall–Kier alpha value is 0.0500. The summed E-state index contributed by atoms with van der Waals surface area (Å²) in [6.45, 7) is 0. The lowest BCUT2D eigenvalue weighted by Crippen LogP contribution is -2.42. The van der Waals surface area contributed by atoms with Gasteiger partial charge in [-0.15, -0.1) is 23.2 Å². The predicted octanol–water partition coefficient (Wildman–Crippen LogP) is 2.28. The lowest BCUT2D eigenvalue weighted by atomic mass is 9.95. The summed E-state index contributed by atoms with van der Waals surface area (Å²) in [4.78, 5) is 11.2. The summed E-state index contributed by atoms with van der Waals surface area (Å²) < 4.78 is 0. The number of nitrogens with one attached hydrogen (secondary N) is 1. The van der Waals surface area contributed by atoms with Gasteiger partial charge in [-0.3, -0.25) is 4.79 Å². The monoisotopic (exact) mass is 223 g/mol. The molecule has 1 fully saturated rings. The number of amides is 1. The Labute approximate surface area is 89.0 Å². The second-order valence-electron chi connectivity index (χ2n) is 3.41. The van der Waals surface area contributed by atoms with Crippen LogP contribution in [-0.4, -0.2) is 23.2 Å². The van der Waals surface area contributed by atoms with E-state index in [-0.39, 0.29) is 17.3 Å². The summed E-state index contributed by atoms with van der Waals surface area (Å²) in [7, 11) is 0. The van der Waals surface area contributed by atoms with Gasteiger partial charge in [-0.1, -0.05) is 12.8 Å². The molecule has 1 saturated carbocycles. The molecule has 13 heavy (non-hydrogen) atoms. The highest BCUT2D eigenvalue weighted by Gasteiger charge is 2.23. The Kier molecular flexibility index (Phi) is 4.89. The molecule has 0 heterocycles. The first-order valence-corrected chi connectivity index (χ1v) is 5.70. The molecule has 0 aromatic carbocycles. The van der Waals surface area contributed by atoms with Crippen LogP contribution in [-0.2, 0) is 4.79 Å². The molecule has 76 valence electrons. The standard InChI is InChI=1S/C9H15Cl2NO/c10-6-5-9(13)12-8-4-2-1-3-7(8)11/h7-8H,1-6H2,(H,12,13)/t7-,8+/m1/s1. The molecule has 2 atom stereocenters. The molecular formula is C9H15Cl2NO. The topological polar surface area (TPSA) is 29.1 Å². The minimum Gasteiger partial charge on any atom is -0.352 e. The first-order chi connectivity index (χ1) is 6.24. The van der Waals surface area contributed by atoms with E-state index in [0.717, 1.165) is 19.3 Å². The molecule has 1 N–H and O–H groups in total. The SMILES string of the molecule is O=C(CCCl)N[C@H]1CCCC[C@H]1Cl. The number of rotatable bonds is 3. The van der Waals surface area contributed by atoms with Gasteiger partial charge in [-0.25, -0.2) is 0 Å². The summed E-state index contributed by atoms with van der Waals surface area (Å²) in [5, 5.41) is 3.02. The van der Waals surface area contributed by atoms with E-state index in [9.17, 15) is 4.79 Å². The fourth-order valence-corrected chi connectivity index (χ4v) is 2.13. The Morgan fingerprint density at radius 2 is 2.08 bits per heavy atom. The van der Waals surface area contributed by atoms with E-state index in [2.05, 4.69) is 5.32 Å². The van der Waals surface area contributed by atoms with Gasteiger partial charge in [0.2, 0.25) is 5.91 Å². The van der Waals surface area contributed by atoms with Gasteiger partial charge in [0, 0.05) is 18.3 Å². The maximum absolute atomic E-state index is 11.2. The van der Waals surface area contributed by atoms with Crippen LogP contribution in [0.3, 0.4) is 0 Å². The number of hydrogen-bond acceptors (Lipinski definition) is 1. The van der Waals surface area contributed by atoms with Crippen LogP contribution in [0, 0.1) is 0 Å². The number of halogens is 2. The van der Waals surface area contributed by atoms with Gasteiger partial charge in [0.25, 0.3) is 0 Å². The minimum atomic E-state index is 0.0209. The molecule has 0 aromatic rings. The molecular weight excluding hydrogens is 209 g/mol. The van der Waals surface area contributed by atoms with Gasteiger partial charge in [-0.2, -0.15) is 0 Å². The van der Waals surface area contributed by atoms with Gasteiger partial charge in [-0.05, 0) is 12.8 Å². The summed E-state index contributed by atoms with van der Waals surface area (Å²) in [6, 6.07) is 0.158. The lowest BCUT2D eigenvalue weighted by molar-refractivity contribution is -0.121. The van der Waals surface area contributed by atoms with Crippen LogP contribution in [0.15, 0.2) is 0 Å². The molecule has 4 heteroatoms. The van der Waals surface area contributed by atoms with E-state index in [4.69, 9.17) is 23.2 Å². The number of carbonyl (C=O) groups excluding carboxylic acids is 1. The van der Waals surface area contributed by atoms with Crippen molar-refractivity contribution >= 4 is 29.1 Å². The third kappa shape index (κ3) is 3.74. The van der Waals surface area contributed by atoms with Crippen molar-refractivity contribution in [2.24, 2.45) is 0 Å². The highest BCUT2D eigenvalue weighted by Crippen LogP contribution is 2.22. The summed E-state index contributed by atoms with van der Waals surface area (Å²) in [5.74, 6) is 0.401. The maximum Gasteiger partial charge on any atom is 0.221 e. The van der Waals surface area contributed by atoms with Crippen molar-refractivity contribution in [3.05, 3.63) is 0 Å². The van der Waals surface area contributed by atoms with Crippen LogP contribution in [0.2, 0.25) is 0 Å². The molecule has 0 unspecified atom stereocenters. The van der Waals surface area contributed by atoms with Crippen molar-refractivity contribution in [1.82, 2.24) is 5.32 Å². The van der Waals surface area contributed by atoms with Crippen molar-refractivity contribution in [1.29, 1.82) is 0 Å². The molecule has 0 saturated heterocycles. The molecule has 0 aromatic heterocycles. The van der Waals surface area contributed by atoms with Crippen LogP contribution in [0.1, 0.15) is 32.1 Å². The zero-order valence-corrected chi connectivity index (χ0v) is 9.07. The molecule has 1 aliphatic rings. The lowest BCUT2D eigenvalue weighted by Gasteiger charge is -2.27. The van der Waals surface area contributed by atoms with E-state index >= 15 is 0 Å². The summed E-state index contributed by atoms with van der Waals surface area (Å²) >= 11 is 11.5. The Bertz CT molecular complexity index is 175. The number of carbonyl (C=O) groups is 1. The number of hydrogen-bond donors (Lipinski definition) is 1. The maximum atomic E-state index is 11.2. The summed E-state index contributed by atoms with van der Waals surface area (Å²) in [5.41, 5.74) is 0. The van der Waals surface area contributed by atoms with Crippen molar-refractivity contribution in [3.8, 4) is 0 Å². The van der Waals surface area contributed by atoms with Gasteiger partial charge in [0.1, 0.15) is 0 Å². The Morgan fingerprint density at radius 1 is 1.38 bits per heavy atom. The Morgan fingerprint density at radius 3 is 2.69 bits per heavy atom. The van der Waals surface area contributed by atoms with Gasteiger partial charge in [0.05, 0.1) is 5.38 Å². The average molecular weight is 224 g/mol. The molecule has 0 aliphatic heterocycles. The second-order valence-corrected chi connectivity index (χ2v) is 4.35. The van der Waals surface area contributed by atoms with Gasteiger partial charge >= 0.3 is 0 Å². The Balaban J connectivity index is 2.29. The zero-order valence-electron chi connectivity index (χ0n) is 7.56. The van der Waals surface area contributed by atoms with E-state index in [1.165, 1.54) is 6.42 Å². The van der Waals surface area contributed by atoms with Crippen molar-refractivity contribution in [2.75, 3.05) is 5.88 Å². The normalized spacial score (nSPS) is 28.5. The van der Waals surface area contributed by atoms with E-state index < -0.39 is 0 Å². The minimum absolute atomic E-state index is 0.0209. The van der Waals surface area contributed by atoms with Crippen LogP contribution in [0.25, 0.3) is 0 Å². The van der Waals surface area contributed by atoms with Crippen molar-refractivity contribution < 1.29 is 4.79 Å². The van der Waals surface area contributed by atoms with E-state index in [1.807, 2.05) is 0 Å². The first-order valence-electron chi connectivity index (χ1n) is 4.73. The third-order valence-corrected chi connectivity index (χ3v) is 3.06. The van der Waals surface area contributed by atoms with Crippen molar-refractivity contribution in [3.63, 3.8) is 0 Å². The number of alkyl halides is 2. The summed E-state index contributed by atoms with van der Waals surface area (Å²) in [6.07, 6.45) is 4.74. The highest BCUT2D eigenvalue weighted by molar-refractivity contribution is 6.21. The smallest absolute Gasteiger partial charge is 0.221 e. The highest BCUT2D eigenvalue weighted by atomic mass is 35.5. The molecule has 0 bridgehead atoms. The van der Waals surface area contributed by atoms with E-state index in [0.29, 0.717) is 12.3 Å². The fourth-order valence-electron chi connectivity index (χ4n) is 1.61. The molecule has 1 aliphatic carbocycles. The predicted molar refractivity (Wildman–Crippen MR) is 55.4 cm³/mol. The molecule has 2 nitrogen and oxygen atoms in total. The van der Waals surface area contributed by atoms with Crippen molar-refractivity contribution in [2.45, 2.75) is 43.5 Å². The zero-order chi connectivity index (χ0) is 9.68. The third-order valence-electron chi connectivity index (χ3n) is 2.35. The van der Waals surface area contributed by atoms with Crippen LogP contribution >= 0.6 is 23.2 Å². The molecule has 1 rings (SSSR count). The van der Waals surface area contributed by atoms with E-state index in [1.54, 1.807) is 0 Å². The largest absolute Gasteiger partial charge is 0.352 e. The molecule has 1 amide bonds. The van der Waals surface area contributed by atoms with Gasteiger partial charge in [0.15, 0.2) is 0 Å². The molecule has 0 radical (unpaired) electrons. The average Bonchev–Trinajstić information content (AvgIpc) is 2.09. The fraction of sp³-hybridized carbons (Fsp3) is 0.889. The molecule has 0 spiro atoms. The first kappa shape index (κ1) is 11.1.